The summed E-state index contributed by atoms with van der Waals surface area (Å²) in [6.45, 7) is 10.6. The molecule has 19 heavy (non-hydrogen) atoms. The molecular weight excluding hydrogens is 236 g/mol. The van der Waals surface area contributed by atoms with Crippen LogP contribution in [0.1, 0.15) is 32.3 Å². The molecule has 0 aliphatic heterocycles. The van der Waals surface area contributed by atoms with E-state index in [1.165, 1.54) is 11.6 Å². The highest BCUT2D eigenvalue weighted by Gasteiger charge is 2.61. The zero-order valence-electron chi connectivity index (χ0n) is 11.9. The van der Waals surface area contributed by atoms with Crippen molar-refractivity contribution in [2.24, 2.45) is 17.3 Å². The molecule has 1 fully saturated rings. The van der Waals surface area contributed by atoms with E-state index >= 15 is 0 Å². The highest BCUT2D eigenvalue weighted by atomic mass is 16.5. The summed E-state index contributed by atoms with van der Waals surface area (Å²) < 4.78 is 5.25. The monoisotopic (exact) mass is 258 g/mol. The summed E-state index contributed by atoms with van der Waals surface area (Å²) in [6, 6.07) is 10.5. The largest absolute Gasteiger partial charge is 0.462 e. The number of hydrogen-bond donors (Lipinski definition) is 0. The normalized spacial score (nSPS) is 30.5. The van der Waals surface area contributed by atoms with Crippen LogP contribution in [0.15, 0.2) is 43.0 Å². The molecule has 1 aromatic rings. The number of rotatable bonds is 5. The van der Waals surface area contributed by atoms with Gasteiger partial charge in [0.1, 0.15) is 0 Å². The summed E-state index contributed by atoms with van der Waals surface area (Å²) in [5.41, 5.74) is 1.45. The first-order chi connectivity index (χ1) is 9.00. The molecule has 2 heteroatoms. The van der Waals surface area contributed by atoms with E-state index in [0.717, 1.165) is 0 Å². The summed E-state index contributed by atoms with van der Waals surface area (Å²) >= 11 is 0. The van der Waals surface area contributed by atoms with Crippen LogP contribution in [0.3, 0.4) is 0 Å². The lowest BCUT2D eigenvalue weighted by molar-refractivity contribution is -0.139. The Morgan fingerprint density at radius 2 is 2.11 bits per heavy atom. The first-order valence-corrected chi connectivity index (χ1v) is 6.85. The van der Waals surface area contributed by atoms with E-state index in [-0.39, 0.29) is 11.4 Å². The summed E-state index contributed by atoms with van der Waals surface area (Å²) in [5.74, 6) is 1.29. The Morgan fingerprint density at radius 1 is 1.47 bits per heavy atom. The van der Waals surface area contributed by atoms with E-state index in [1.807, 2.05) is 6.07 Å². The number of benzene rings is 1. The minimum Gasteiger partial charge on any atom is -0.462 e. The molecule has 0 N–H and O–H groups in total. The van der Waals surface area contributed by atoms with E-state index in [0.29, 0.717) is 24.4 Å². The smallest absolute Gasteiger partial charge is 0.330 e. The maximum atomic E-state index is 11.2. The van der Waals surface area contributed by atoms with E-state index in [1.54, 1.807) is 0 Å². The van der Waals surface area contributed by atoms with E-state index < -0.39 is 0 Å². The summed E-state index contributed by atoms with van der Waals surface area (Å²) in [5, 5.41) is 0. The Labute approximate surface area is 115 Å². The van der Waals surface area contributed by atoms with Gasteiger partial charge in [-0.25, -0.2) is 4.79 Å². The average molecular weight is 258 g/mol. The third kappa shape index (κ3) is 2.58. The van der Waals surface area contributed by atoms with Crippen molar-refractivity contribution in [3.05, 3.63) is 48.6 Å². The van der Waals surface area contributed by atoms with Crippen LogP contribution >= 0.6 is 0 Å². The highest BCUT2D eigenvalue weighted by Crippen LogP contribution is 2.64. The standard InChI is InChI=1S/C17H22O2/c1-5-15(18)19-11-17(4)13(3)16(17)12(2)14-9-7-6-8-10-14/h5-10,12-13,16H,1,11H2,2-4H3/t12-,13?,16?,17+/m0/s1. The lowest BCUT2D eigenvalue weighted by Crippen LogP contribution is -2.15. The van der Waals surface area contributed by atoms with Gasteiger partial charge in [-0.1, -0.05) is 57.7 Å². The topological polar surface area (TPSA) is 26.3 Å². The van der Waals surface area contributed by atoms with Crippen LogP contribution < -0.4 is 0 Å². The Hall–Kier alpha value is -1.57. The molecule has 0 saturated heterocycles. The molecule has 1 saturated carbocycles. The van der Waals surface area contributed by atoms with Gasteiger partial charge in [-0.15, -0.1) is 0 Å². The van der Waals surface area contributed by atoms with Gasteiger partial charge in [0.15, 0.2) is 0 Å². The van der Waals surface area contributed by atoms with Gasteiger partial charge < -0.3 is 4.74 Å². The molecule has 1 aliphatic rings. The van der Waals surface area contributed by atoms with Crippen molar-refractivity contribution < 1.29 is 9.53 Å². The summed E-state index contributed by atoms with van der Waals surface area (Å²) in [7, 11) is 0. The maximum Gasteiger partial charge on any atom is 0.330 e. The van der Waals surface area contributed by atoms with E-state index in [2.05, 4.69) is 51.6 Å². The fraction of sp³-hybridized carbons (Fsp3) is 0.471. The van der Waals surface area contributed by atoms with Gasteiger partial charge in [-0.3, -0.25) is 0 Å². The van der Waals surface area contributed by atoms with Crippen LogP contribution in [0.25, 0.3) is 0 Å². The predicted molar refractivity (Wildman–Crippen MR) is 76.8 cm³/mol. The Kier molecular flexibility index (Phi) is 3.79. The molecule has 1 aliphatic carbocycles. The van der Waals surface area contributed by atoms with Crippen LogP contribution in [0.4, 0.5) is 0 Å². The Bertz CT molecular complexity index is 465. The molecule has 102 valence electrons. The minimum atomic E-state index is -0.327. The molecule has 2 rings (SSSR count). The molecule has 0 radical (unpaired) electrons. The molecule has 0 heterocycles. The highest BCUT2D eigenvalue weighted by molar-refractivity contribution is 5.81. The molecule has 0 amide bonds. The van der Waals surface area contributed by atoms with Crippen LogP contribution in [-0.4, -0.2) is 12.6 Å². The van der Waals surface area contributed by atoms with Gasteiger partial charge in [-0.2, -0.15) is 0 Å². The summed E-state index contributed by atoms with van der Waals surface area (Å²) in [4.78, 5) is 11.2. The number of ether oxygens (including phenoxy) is 1. The van der Waals surface area contributed by atoms with Gasteiger partial charge in [0, 0.05) is 11.5 Å². The van der Waals surface area contributed by atoms with Crippen molar-refractivity contribution in [1.29, 1.82) is 0 Å². The van der Waals surface area contributed by atoms with Gasteiger partial charge >= 0.3 is 5.97 Å². The first-order valence-electron chi connectivity index (χ1n) is 6.85. The molecule has 2 unspecified atom stereocenters. The average Bonchev–Trinajstić information content (AvgIpc) is 2.98. The number of carbonyl (C=O) groups is 1. The number of carbonyl (C=O) groups excluding carboxylic acids is 1. The fourth-order valence-electron chi connectivity index (χ4n) is 3.32. The van der Waals surface area contributed by atoms with Crippen molar-refractivity contribution >= 4 is 5.97 Å². The number of hydrogen-bond acceptors (Lipinski definition) is 2. The van der Waals surface area contributed by atoms with Crippen molar-refractivity contribution in [2.45, 2.75) is 26.7 Å². The van der Waals surface area contributed by atoms with Gasteiger partial charge in [0.25, 0.3) is 0 Å². The Morgan fingerprint density at radius 3 is 2.68 bits per heavy atom. The zero-order valence-corrected chi connectivity index (χ0v) is 11.9. The van der Waals surface area contributed by atoms with E-state index in [9.17, 15) is 4.79 Å². The molecule has 1 aromatic carbocycles. The predicted octanol–water partition coefficient (Wildman–Crippen LogP) is 3.79. The molecule has 0 spiro atoms. The second kappa shape index (κ2) is 5.20. The third-order valence-corrected chi connectivity index (χ3v) is 4.79. The van der Waals surface area contributed by atoms with Crippen molar-refractivity contribution in [2.75, 3.05) is 6.61 Å². The van der Waals surface area contributed by atoms with Crippen molar-refractivity contribution in [3.63, 3.8) is 0 Å². The Balaban J connectivity index is 2.03. The molecular formula is C17H22O2. The lowest BCUT2D eigenvalue weighted by atomic mass is 9.91. The van der Waals surface area contributed by atoms with Crippen molar-refractivity contribution in [1.82, 2.24) is 0 Å². The number of esters is 1. The second-order valence-corrected chi connectivity index (χ2v) is 5.83. The maximum absolute atomic E-state index is 11.2. The third-order valence-electron chi connectivity index (χ3n) is 4.79. The van der Waals surface area contributed by atoms with Gasteiger partial charge in [0.2, 0.25) is 0 Å². The van der Waals surface area contributed by atoms with Gasteiger partial charge in [-0.05, 0) is 23.3 Å². The molecule has 2 nitrogen and oxygen atoms in total. The van der Waals surface area contributed by atoms with Gasteiger partial charge in [0.05, 0.1) is 6.61 Å². The van der Waals surface area contributed by atoms with Crippen LogP contribution in [-0.2, 0) is 9.53 Å². The second-order valence-electron chi connectivity index (χ2n) is 5.83. The lowest BCUT2D eigenvalue weighted by Gasteiger charge is -2.16. The zero-order chi connectivity index (χ0) is 14.0. The summed E-state index contributed by atoms with van der Waals surface area (Å²) in [6.07, 6.45) is 1.23. The SMILES string of the molecule is C=CC(=O)OC[C@]1(C)C(C)C1[C@@H](C)c1ccccc1. The van der Waals surface area contributed by atoms with Crippen LogP contribution in [0, 0.1) is 17.3 Å². The van der Waals surface area contributed by atoms with E-state index in [4.69, 9.17) is 4.74 Å². The van der Waals surface area contributed by atoms with Crippen molar-refractivity contribution in [3.8, 4) is 0 Å². The van der Waals surface area contributed by atoms with Crippen LogP contribution in [0.5, 0.6) is 0 Å². The quantitative estimate of drug-likeness (QED) is 0.593. The fourth-order valence-corrected chi connectivity index (χ4v) is 3.32. The minimum absolute atomic E-state index is 0.0912. The first kappa shape index (κ1) is 13.9. The molecule has 0 aromatic heterocycles. The van der Waals surface area contributed by atoms with Crippen LogP contribution in [0.2, 0.25) is 0 Å². The molecule has 0 bridgehead atoms. The molecule has 4 atom stereocenters.